The maximum atomic E-state index is 12.6. The maximum Gasteiger partial charge on any atom is 0.295 e. The van der Waals surface area contributed by atoms with E-state index >= 15 is 0 Å². The fourth-order valence-electron chi connectivity index (χ4n) is 2.23. The minimum atomic E-state index is -0.678. The number of hydrogen-bond acceptors (Lipinski definition) is 5. The third kappa shape index (κ3) is 3.20. The van der Waals surface area contributed by atoms with Crippen LogP contribution in [0.3, 0.4) is 0 Å². The number of imide groups is 1. The summed E-state index contributed by atoms with van der Waals surface area (Å²) in [5.74, 6) is 0.323. The fourth-order valence-corrected chi connectivity index (χ4v) is 3.39. The average molecular weight is 393 g/mol. The van der Waals surface area contributed by atoms with E-state index in [1.165, 1.54) is 4.90 Å². The highest BCUT2D eigenvalue weighted by Gasteiger charge is 2.41. The number of para-hydroxylation sites is 2. The number of ether oxygens (including phenoxy) is 1. The van der Waals surface area contributed by atoms with Crippen molar-refractivity contribution in [2.75, 3.05) is 17.3 Å². The van der Waals surface area contributed by atoms with Gasteiger partial charge in [0.1, 0.15) is 5.75 Å². The number of nitrogens with zero attached hydrogens (tertiary/aromatic N) is 1. The van der Waals surface area contributed by atoms with E-state index in [2.05, 4.69) is 21.2 Å². The maximum absolute atomic E-state index is 12.6. The Morgan fingerprint density at radius 1 is 1.13 bits per heavy atom. The zero-order valence-corrected chi connectivity index (χ0v) is 14.6. The number of anilines is 2. The molecule has 1 N–H and O–H groups in total. The van der Waals surface area contributed by atoms with Gasteiger partial charge in [0.05, 0.1) is 18.5 Å². The first-order chi connectivity index (χ1) is 11.1. The zero-order chi connectivity index (χ0) is 16.4. The molecular weight excluding hydrogens is 380 g/mol. The van der Waals surface area contributed by atoms with Gasteiger partial charge < -0.3 is 10.1 Å². The molecule has 1 atom stereocenters. The van der Waals surface area contributed by atoms with Crippen LogP contribution in [0.4, 0.5) is 16.2 Å². The number of hydrogen-bond donors (Lipinski definition) is 1. The van der Waals surface area contributed by atoms with E-state index in [1.54, 1.807) is 43.5 Å². The molecule has 1 fully saturated rings. The number of methoxy groups -OCH3 is 1. The molecule has 5 nitrogen and oxygen atoms in total. The van der Waals surface area contributed by atoms with Crippen LogP contribution in [0.25, 0.3) is 0 Å². The summed E-state index contributed by atoms with van der Waals surface area (Å²) in [4.78, 5) is 26.0. The molecule has 1 saturated heterocycles. The lowest BCUT2D eigenvalue weighted by molar-refractivity contribution is -0.116. The first-order valence-corrected chi connectivity index (χ1v) is 8.47. The lowest BCUT2D eigenvalue weighted by Crippen LogP contribution is -2.34. The zero-order valence-electron chi connectivity index (χ0n) is 12.2. The van der Waals surface area contributed by atoms with Crippen molar-refractivity contribution in [1.29, 1.82) is 0 Å². The van der Waals surface area contributed by atoms with Gasteiger partial charge in [-0.25, -0.2) is 4.90 Å². The molecule has 7 heteroatoms. The molecule has 0 radical (unpaired) electrons. The van der Waals surface area contributed by atoms with Gasteiger partial charge in [-0.2, -0.15) is 0 Å². The molecule has 0 unspecified atom stereocenters. The lowest BCUT2D eigenvalue weighted by Gasteiger charge is -2.16. The van der Waals surface area contributed by atoms with Gasteiger partial charge >= 0.3 is 0 Å². The number of halogens is 1. The van der Waals surface area contributed by atoms with Crippen LogP contribution < -0.4 is 15.0 Å². The van der Waals surface area contributed by atoms with Gasteiger partial charge in [-0.1, -0.05) is 28.1 Å². The normalized spacial score (nSPS) is 17.5. The van der Waals surface area contributed by atoms with Crippen molar-refractivity contribution in [2.24, 2.45) is 0 Å². The fraction of sp³-hybridized carbons (Fsp3) is 0.125. The first kappa shape index (κ1) is 15.9. The number of rotatable bonds is 4. The van der Waals surface area contributed by atoms with E-state index in [9.17, 15) is 9.59 Å². The van der Waals surface area contributed by atoms with Crippen molar-refractivity contribution in [3.8, 4) is 5.75 Å². The summed E-state index contributed by atoms with van der Waals surface area (Å²) in [5, 5.41) is 2.09. The van der Waals surface area contributed by atoms with Crippen molar-refractivity contribution in [2.45, 2.75) is 5.37 Å². The van der Waals surface area contributed by atoms with Crippen molar-refractivity contribution >= 4 is 50.2 Å². The standard InChI is InChI=1S/C16H13BrN2O3S/c1-22-13-5-3-2-4-12(13)18-14-15(20)19(16(21)23-14)11-8-6-10(17)7-9-11/h2-9,14,18H,1H3/t14-/m1/s1. The monoisotopic (exact) mass is 392 g/mol. The Bertz CT molecular complexity index is 751. The lowest BCUT2D eigenvalue weighted by atomic mass is 10.2. The van der Waals surface area contributed by atoms with Gasteiger partial charge in [-0.3, -0.25) is 9.59 Å². The first-order valence-electron chi connectivity index (χ1n) is 6.80. The van der Waals surface area contributed by atoms with Gasteiger partial charge in [0.15, 0.2) is 5.37 Å². The SMILES string of the molecule is COc1ccccc1N[C@@H]1SC(=O)N(c2ccc(Br)cc2)C1=O. The molecule has 23 heavy (non-hydrogen) atoms. The van der Waals surface area contributed by atoms with Crippen molar-refractivity contribution in [3.05, 3.63) is 53.0 Å². The summed E-state index contributed by atoms with van der Waals surface area (Å²) < 4.78 is 6.14. The molecule has 0 saturated carbocycles. The van der Waals surface area contributed by atoms with Gasteiger partial charge in [0, 0.05) is 4.47 Å². The molecule has 0 bridgehead atoms. The minimum Gasteiger partial charge on any atom is -0.495 e. The van der Waals surface area contributed by atoms with Crippen LogP contribution in [0.15, 0.2) is 53.0 Å². The van der Waals surface area contributed by atoms with E-state index in [4.69, 9.17) is 4.74 Å². The van der Waals surface area contributed by atoms with Crippen molar-refractivity contribution in [3.63, 3.8) is 0 Å². The summed E-state index contributed by atoms with van der Waals surface area (Å²) in [5.41, 5.74) is 1.23. The Balaban J connectivity index is 1.82. The Labute approximate surface area is 146 Å². The molecule has 1 aliphatic heterocycles. The van der Waals surface area contributed by atoms with Crippen LogP contribution >= 0.6 is 27.7 Å². The second-order valence-electron chi connectivity index (χ2n) is 4.76. The Morgan fingerprint density at radius 3 is 2.52 bits per heavy atom. The third-order valence-corrected chi connectivity index (χ3v) is 4.79. The molecule has 118 valence electrons. The predicted molar refractivity (Wildman–Crippen MR) is 95.0 cm³/mol. The number of carbonyl (C=O) groups is 2. The highest BCUT2D eigenvalue weighted by atomic mass is 79.9. The van der Waals surface area contributed by atoms with Gasteiger partial charge in [0.2, 0.25) is 0 Å². The quantitative estimate of drug-likeness (QED) is 0.848. The molecule has 1 aliphatic rings. The van der Waals surface area contributed by atoms with Crippen LogP contribution in [0.5, 0.6) is 5.75 Å². The van der Waals surface area contributed by atoms with Gasteiger partial charge in [-0.05, 0) is 48.2 Å². The van der Waals surface area contributed by atoms with Crippen LogP contribution in [-0.4, -0.2) is 23.6 Å². The number of amides is 2. The van der Waals surface area contributed by atoms with Gasteiger partial charge in [-0.15, -0.1) is 0 Å². The molecule has 2 aromatic carbocycles. The molecule has 3 rings (SSSR count). The van der Waals surface area contributed by atoms with E-state index in [1.807, 2.05) is 12.1 Å². The highest BCUT2D eigenvalue weighted by molar-refractivity contribution is 9.10. The molecule has 1 heterocycles. The highest BCUT2D eigenvalue weighted by Crippen LogP contribution is 2.34. The summed E-state index contributed by atoms with van der Waals surface area (Å²) in [6.45, 7) is 0. The second-order valence-corrected chi connectivity index (χ2v) is 6.73. The van der Waals surface area contributed by atoms with Crippen LogP contribution in [-0.2, 0) is 4.79 Å². The average Bonchev–Trinajstić information content (AvgIpc) is 2.83. The van der Waals surface area contributed by atoms with E-state index in [0.717, 1.165) is 16.2 Å². The second kappa shape index (κ2) is 6.64. The largest absolute Gasteiger partial charge is 0.495 e. The van der Waals surface area contributed by atoms with Crippen LogP contribution in [0.1, 0.15) is 0 Å². The van der Waals surface area contributed by atoms with Crippen LogP contribution in [0.2, 0.25) is 0 Å². The summed E-state index contributed by atoms with van der Waals surface area (Å²) in [6, 6.07) is 14.3. The van der Waals surface area contributed by atoms with E-state index in [0.29, 0.717) is 17.1 Å². The Kier molecular flexibility index (Phi) is 4.58. The number of benzene rings is 2. The number of thioether (sulfide) groups is 1. The van der Waals surface area contributed by atoms with Gasteiger partial charge in [0.25, 0.3) is 11.1 Å². The van der Waals surface area contributed by atoms with E-state index < -0.39 is 5.37 Å². The molecule has 2 aromatic rings. The van der Waals surface area contributed by atoms with Crippen molar-refractivity contribution in [1.82, 2.24) is 0 Å². The number of nitrogens with one attached hydrogen (secondary N) is 1. The van der Waals surface area contributed by atoms with Crippen LogP contribution in [0, 0.1) is 0 Å². The summed E-state index contributed by atoms with van der Waals surface area (Å²) in [7, 11) is 1.56. The third-order valence-electron chi connectivity index (χ3n) is 3.32. The van der Waals surface area contributed by atoms with Crippen molar-refractivity contribution < 1.29 is 14.3 Å². The summed E-state index contributed by atoms with van der Waals surface area (Å²) in [6.07, 6.45) is 0. The Hall–Kier alpha value is -1.99. The molecule has 2 amide bonds. The topological polar surface area (TPSA) is 58.6 Å². The predicted octanol–water partition coefficient (Wildman–Crippen LogP) is 4.10. The minimum absolute atomic E-state index is 0.298. The molecule has 0 spiro atoms. The molecule has 0 aliphatic carbocycles. The molecule has 0 aromatic heterocycles. The summed E-state index contributed by atoms with van der Waals surface area (Å²) >= 11 is 4.29. The smallest absolute Gasteiger partial charge is 0.295 e. The van der Waals surface area contributed by atoms with E-state index in [-0.39, 0.29) is 11.1 Å². The molecular formula is C16H13BrN2O3S. The number of carbonyl (C=O) groups excluding carboxylic acids is 2. The Morgan fingerprint density at radius 2 is 1.83 bits per heavy atom.